The Bertz CT molecular complexity index is 2530. The summed E-state index contributed by atoms with van der Waals surface area (Å²) in [6.45, 7) is 8.39. The molecular weight excluding hydrogens is 821 g/mol. The zero-order valence-electron chi connectivity index (χ0n) is 37.5. The minimum atomic E-state index is -1.16. The maximum atomic E-state index is 14.8. The number of carbonyl (C=O) groups excluding carboxylic acids is 5. The third-order valence-electron chi connectivity index (χ3n) is 11.5. The summed E-state index contributed by atoms with van der Waals surface area (Å²) in [6, 6.07) is 26.5. The molecule has 14 heteroatoms. The first-order valence-corrected chi connectivity index (χ1v) is 22.4. The van der Waals surface area contributed by atoms with E-state index in [2.05, 4.69) is 36.6 Å². The van der Waals surface area contributed by atoms with Gasteiger partial charge in [-0.3, -0.25) is 24.0 Å². The number of nitrogens with two attached hydrogens (primary N) is 1. The highest BCUT2D eigenvalue weighted by Gasteiger charge is 2.32. The van der Waals surface area contributed by atoms with Crippen LogP contribution in [0.4, 0.5) is 0 Å². The second kappa shape index (κ2) is 22.6. The minimum Gasteiger partial charge on any atom is -0.508 e. The van der Waals surface area contributed by atoms with Crippen molar-refractivity contribution in [3.63, 3.8) is 0 Å². The van der Waals surface area contributed by atoms with Gasteiger partial charge in [0.15, 0.2) is 0 Å². The Morgan fingerprint density at radius 1 is 0.554 bits per heavy atom. The lowest BCUT2D eigenvalue weighted by molar-refractivity contribution is -0.133. The number of phenols is 1. The number of para-hydroxylation sites is 2. The molecule has 4 aromatic carbocycles. The molecule has 0 aliphatic heterocycles. The van der Waals surface area contributed by atoms with E-state index in [-0.39, 0.29) is 49.8 Å². The van der Waals surface area contributed by atoms with E-state index in [4.69, 9.17) is 5.73 Å². The number of rotatable bonds is 23. The van der Waals surface area contributed by atoms with Crippen LogP contribution in [0, 0.1) is 11.8 Å². The molecule has 10 N–H and O–H groups in total. The summed E-state index contributed by atoms with van der Waals surface area (Å²) in [5.74, 6) is -2.04. The van der Waals surface area contributed by atoms with Crippen molar-refractivity contribution >= 4 is 51.3 Å². The number of H-pyrrole nitrogens is 2. The molecule has 0 bridgehead atoms. The zero-order valence-corrected chi connectivity index (χ0v) is 37.5. The van der Waals surface area contributed by atoms with Gasteiger partial charge in [-0.25, -0.2) is 0 Å². The molecule has 0 spiro atoms. The smallest absolute Gasteiger partial charge is 0.243 e. The highest BCUT2D eigenvalue weighted by molar-refractivity contribution is 5.96. The average Bonchev–Trinajstić information content (AvgIpc) is 3.88. The van der Waals surface area contributed by atoms with Gasteiger partial charge in [0.1, 0.15) is 23.9 Å². The van der Waals surface area contributed by atoms with E-state index in [0.717, 1.165) is 38.5 Å². The van der Waals surface area contributed by atoms with Crippen LogP contribution in [-0.4, -0.2) is 81.4 Å². The van der Waals surface area contributed by atoms with Crippen molar-refractivity contribution < 1.29 is 29.1 Å². The zero-order chi connectivity index (χ0) is 46.5. The summed E-state index contributed by atoms with van der Waals surface area (Å²) in [5, 5.41) is 26.9. The number of hydrogen-bond donors (Lipinski definition) is 9. The maximum Gasteiger partial charge on any atom is 0.243 e. The lowest BCUT2D eigenvalue weighted by Crippen LogP contribution is -2.59. The second-order valence-electron chi connectivity index (χ2n) is 17.7. The van der Waals surface area contributed by atoms with Gasteiger partial charge in [-0.15, -0.1) is 0 Å². The molecule has 6 aromatic rings. The molecule has 0 aliphatic rings. The van der Waals surface area contributed by atoms with E-state index in [9.17, 15) is 29.1 Å². The molecule has 5 amide bonds. The highest BCUT2D eigenvalue weighted by Crippen LogP contribution is 2.22. The normalized spacial score (nSPS) is 13.8. The Hall–Kier alpha value is -6.93. The van der Waals surface area contributed by atoms with Crippen LogP contribution >= 0.6 is 0 Å². The molecule has 2 heterocycles. The summed E-state index contributed by atoms with van der Waals surface area (Å²) in [4.78, 5) is 76.3. The molecule has 0 saturated heterocycles. The van der Waals surface area contributed by atoms with Crippen molar-refractivity contribution in [1.29, 1.82) is 0 Å². The lowest BCUT2D eigenvalue weighted by Gasteiger charge is -2.28. The van der Waals surface area contributed by atoms with Gasteiger partial charge in [-0.1, -0.05) is 107 Å². The first-order chi connectivity index (χ1) is 31.2. The second-order valence-corrected chi connectivity index (χ2v) is 17.7. The minimum absolute atomic E-state index is 0.0509. The third-order valence-corrected chi connectivity index (χ3v) is 11.5. The number of hydrogen-bond acceptors (Lipinski definition) is 7. The topological polar surface area (TPSA) is 223 Å². The predicted octanol–water partition coefficient (Wildman–Crippen LogP) is 5.10. The fourth-order valence-electron chi connectivity index (χ4n) is 8.23. The van der Waals surface area contributed by atoms with Gasteiger partial charge in [-0.05, 0) is 71.2 Å². The number of aromatic hydroxyl groups is 1. The van der Waals surface area contributed by atoms with Crippen LogP contribution in [0.5, 0.6) is 5.75 Å². The fourth-order valence-corrected chi connectivity index (χ4v) is 8.23. The van der Waals surface area contributed by atoms with Crippen molar-refractivity contribution in [1.82, 2.24) is 36.6 Å². The van der Waals surface area contributed by atoms with E-state index >= 15 is 0 Å². The molecule has 2 aromatic heterocycles. The maximum absolute atomic E-state index is 14.8. The van der Waals surface area contributed by atoms with Gasteiger partial charge in [0, 0.05) is 66.0 Å². The van der Waals surface area contributed by atoms with Gasteiger partial charge in [0.25, 0.3) is 0 Å². The Morgan fingerprint density at radius 2 is 1.05 bits per heavy atom. The largest absolute Gasteiger partial charge is 0.508 e. The molecule has 6 rings (SSSR count). The van der Waals surface area contributed by atoms with Crippen LogP contribution in [0.25, 0.3) is 21.8 Å². The number of benzene rings is 4. The van der Waals surface area contributed by atoms with Crippen molar-refractivity contribution in [2.75, 3.05) is 6.54 Å². The number of aromatic nitrogens is 2. The molecule has 0 unspecified atom stereocenters. The average molecular weight is 883 g/mol. The molecule has 342 valence electrons. The highest BCUT2D eigenvalue weighted by atomic mass is 16.3. The monoisotopic (exact) mass is 882 g/mol. The van der Waals surface area contributed by atoms with Gasteiger partial charge >= 0.3 is 0 Å². The van der Waals surface area contributed by atoms with Crippen LogP contribution in [0.2, 0.25) is 0 Å². The summed E-state index contributed by atoms with van der Waals surface area (Å²) in [5.41, 5.74) is 10.5. The van der Waals surface area contributed by atoms with E-state index in [1.54, 1.807) is 18.3 Å². The van der Waals surface area contributed by atoms with Crippen molar-refractivity contribution in [2.24, 2.45) is 17.6 Å². The van der Waals surface area contributed by atoms with Gasteiger partial charge < -0.3 is 47.4 Å². The SMILES string of the molecule is CC(C)C[C@@H](CN[C@@H](CC(C)C)C(N)=O)NC(=O)[C@@H](Cc1c[nH]c2ccccc12)NC(=O)[C@H](Cc1ccccc1)NC(=O)[C@@H](Cc1c[nH]c2ccccc12)NC(=O)Cc1ccc(O)cc1. The Kier molecular flexibility index (Phi) is 16.5. The van der Waals surface area contributed by atoms with Gasteiger partial charge in [-0.2, -0.15) is 0 Å². The Balaban J connectivity index is 1.28. The van der Waals surface area contributed by atoms with E-state index in [1.165, 1.54) is 12.1 Å². The Labute approximate surface area is 379 Å². The molecule has 0 fully saturated rings. The number of aromatic amines is 2. The fraction of sp³-hybridized carbons (Fsp3) is 0.353. The van der Waals surface area contributed by atoms with E-state index in [1.807, 2.05) is 113 Å². The van der Waals surface area contributed by atoms with Crippen molar-refractivity contribution in [3.05, 3.63) is 138 Å². The quantitative estimate of drug-likeness (QED) is 0.0423. The van der Waals surface area contributed by atoms with Crippen LogP contribution in [0.1, 0.15) is 62.8 Å². The number of primary amides is 1. The first-order valence-electron chi connectivity index (χ1n) is 22.4. The van der Waals surface area contributed by atoms with Crippen LogP contribution in [0.3, 0.4) is 0 Å². The predicted molar refractivity (Wildman–Crippen MR) is 254 cm³/mol. The molecule has 0 radical (unpaired) electrons. The molecule has 0 aliphatic carbocycles. The number of amides is 5. The standard InChI is InChI=1S/C51H62N8O6/c1-31(2)22-37(30-55-43(48(52)62)23-32(3)4)56-49(63)46(27-36-29-54-42-17-11-9-15-40(36)42)59-50(64)44(24-33-12-6-5-7-13-33)58-51(65)45(26-35-28-53-41-16-10-8-14-39(35)41)57-47(61)25-34-18-20-38(60)21-19-34/h5-21,28-29,31-32,37,43-46,53-55,60H,22-27,30H2,1-4H3,(H2,52,62)(H,56,63)(H,57,61)(H,58,65)(H,59,64)/t37-,43-,44-,45+,46+/m0/s1. The lowest BCUT2D eigenvalue weighted by atomic mass is 9.99. The summed E-state index contributed by atoms with van der Waals surface area (Å²) in [7, 11) is 0. The first kappa shape index (κ1) is 47.5. The van der Waals surface area contributed by atoms with E-state index < -0.39 is 59.7 Å². The van der Waals surface area contributed by atoms with Crippen LogP contribution in [-0.2, 0) is 49.7 Å². The number of nitrogens with one attached hydrogen (secondary N) is 7. The Morgan fingerprint density at radius 3 is 1.58 bits per heavy atom. The molecule has 0 saturated carbocycles. The van der Waals surface area contributed by atoms with Gasteiger partial charge in [0.2, 0.25) is 29.5 Å². The molecule has 14 nitrogen and oxygen atoms in total. The third kappa shape index (κ3) is 13.8. The van der Waals surface area contributed by atoms with Crippen molar-refractivity contribution in [2.45, 2.75) is 96.4 Å². The van der Waals surface area contributed by atoms with Crippen LogP contribution < -0.4 is 32.3 Å². The number of carbonyl (C=O) groups is 5. The van der Waals surface area contributed by atoms with Gasteiger partial charge in [0.05, 0.1) is 12.5 Å². The summed E-state index contributed by atoms with van der Waals surface area (Å²) < 4.78 is 0. The summed E-state index contributed by atoms with van der Waals surface area (Å²) >= 11 is 0. The number of fused-ring (bicyclic) bond motifs is 2. The summed E-state index contributed by atoms with van der Waals surface area (Å²) in [6.07, 6.45) is 5.03. The molecular formula is C51H62N8O6. The van der Waals surface area contributed by atoms with E-state index in [0.29, 0.717) is 18.4 Å². The van der Waals surface area contributed by atoms with Crippen LogP contribution in [0.15, 0.2) is 116 Å². The molecule has 5 atom stereocenters. The van der Waals surface area contributed by atoms with Crippen molar-refractivity contribution in [3.8, 4) is 5.75 Å². The molecule has 65 heavy (non-hydrogen) atoms. The number of phenolic OH excluding ortho intramolecular Hbond substituents is 1.